The number of hydrogen-bond donors (Lipinski definition) is 2. The van der Waals surface area contributed by atoms with Crippen molar-refractivity contribution in [3.05, 3.63) is 88.1 Å². The summed E-state index contributed by atoms with van der Waals surface area (Å²) < 4.78 is 0. The minimum Gasteiger partial charge on any atom is -0.329 e. The van der Waals surface area contributed by atoms with Gasteiger partial charge < -0.3 is 15.5 Å². The fourth-order valence-corrected chi connectivity index (χ4v) is 5.62. The predicted molar refractivity (Wildman–Crippen MR) is 148 cm³/mol. The number of nitrogens with zero attached hydrogens (tertiary/aromatic N) is 2. The number of carbonyl (C=O) groups excluding carboxylic acids is 4. The van der Waals surface area contributed by atoms with E-state index < -0.39 is 10.8 Å². The second-order valence-electron chi connectivity index (χ2n) is 11.5. The molecule has 2 heterocycles. The molecule has 200 valence electrons. The van der Waals surface area contributed by atoms with Crippen molar-refractivity contribution < 1.29 is 19.2 Å². The molecule has 1 unspecified atom stereocenters. The van der Waals surface area contributed by atoms with Crippen LogP contribution in [0.15, 0.2) is 54.7 Å². The molecule has 5 rings (SSSR count). The lowest BCUT2D eigenvalue weighted by Crippen LogP contribution is -2.43. The molecule has 8 heteroatoms. The molecule has 1 spiro atoms. The molecular formula is C31H32N4O4. The molecule has 0 fully saturated rings. The predicted octanol–water partition coefficient (Wildman–Crippen LogP) is 4.20. The molecule has 1 aliphatic carbocycles. The molecule has 2 aliphatic rings. The molecule has 0 radical (unpaired) electrons. The van der Waals surface area contributed by atoms with E-state index in [1.165, 1.54) is 4.90 Å². The largest absolute Gasteiger partial charge is 0.329 e. The Bertz CT molecular complexity index is 1510. The van der Waals surface area contributed by atoms with Crippen molar-refractivity contribution >= 4 is 35.5 Å². The van der Waals surface area contributed by atoms with Gasteiger partial charge in [-0.1, -0.05) is 57.2 Å². The maximum atomic E-state index is 13.3. The van der Waals surface area contributed by atoms with Crippen molar-refractivity contribution in [2.75, 3.05) is 17.2 Å². The highest BCUT2D eigenvalue weighted by Crippen LogP contribution is 2.47. The first kappa shape index (κ1) is 26.3. The molecule has 3 amide bonds. The number of anilines is 2. The van der Waals surface area contributed by atoms with E-state index in [4.69, 9.17) is 0 Å². The summed E-state index contributed by atoms with van der Waals surface area (Å²) in [7, 11) is 0. The number of carbonyl (C=O) groups is 4. The number of aromatic nitrogens is 1. The van der Waals surface area contributed by atoms with E-state index in [9.17, 15) is 19.2 Å². The van der Waals surface area contributed by atoms with E-state index in [1.54, 1.807) is 45.2 Å². The third kappa shape index (κ3) is 4.82. The molecule has 0 saturated heterocycles. The van der Waals surface area contributed by atoms with Gasteiger partial charge in [-0.05, 0) is 54.2 Å². The van der Waals surface area contributed by atoms with Crippen LogP contribution in [0, 0.1) is 12.3 Å². The topological polar surface area (TPSA) is 108 Å². The average Bonchev–Trinajstić information content (AvgIpc) is 3.39. The third-order valence-electron chi connectivity index (χ3n) is 7.60. The van der Waals surface area contributed by atoms with Gasteiger partial charge in [-0.3, -0.25) is 19.2 Å². The summed E-state index contributed by atoms with van der Waals surface area (Å²) in [6.07, 6.45) is 3.52. The first-order valence-electron chi connectivity index (χ1n) is 13.0. The van der Waals surface area contributed by atoms with Gasteiger partial charge in [0.1, 0.15) is 18.6 Å². The Morgan fingerprint density at radius 2 is 1.82 bits per heavy atom. The monoisotopic (exact) mass is 524 g/mol. The molecule has 1 aromatic heterocycles. The Kier molecular flexibility index (Phi) is 6.58. The Balaban J connectivity index is 1.37. The summed E-state index contributed by atoms with van der Waals surface area (Å²) in [6, 6.07) is 14.8. The highest BCUT2D eigenvalue weighted by atomic mass is 16.2. The van der Waals surface area contributed by atoms with Gasteiger partial charge in [-0.15, -0.1) is 0 Å². The van der Waals surface area contributed by atoms with Gasteiger partial charge in [0.25, 0.3) is 0 Å². The normalized spacial score (nSPS) is 17.4. The molecule has 2 N–H and O–H groups in total. The van der Waals surface area contributed by atoms with Crippen LogP contribution in [0.1, 0.15) is 58.9 Å². The van der Waals surface area contributed by atoms with Crippen molar-refractivity contribution in [3.63, 3.8) is 0 Å². The minimum atomic E-state index is -0.707. The van der Waals surface area contributed by atoms with Crippen LogP contribution in [0.3, 0.4) is 0 Å². The molecule has 8 nitrogen and oxygen atoms in total. The van der Waals surface area contributed by atoms with Crippen LogP contribution >= 0.6 is 0 Å². The van der Waals surface area contributed by atoms with Gasteiger partial charge in [-0.25, -0.2) is 4.98 Å². The Hall–Kier alpha value is -4.33. The van der Waals surface area contributed by atoms with E-state index >= 15 is 0 Å². The Morgan fingerprint density at radius 3 is 2.54 bits per heavy atom. The van der Waals surface area contributed by atoms with E-state index in [0.29, 0.717) is 35.5 Å². The van der Waals surface area contributed by atoms with Crippen molar-refractivity contribution in [2.24, 2.45) is 5.41 Å². The molecule has 39 heavy (non-hydrogen) atoms. The summed E-state index contributed by atoms with van der Waals surface area (Å²) >= 11 is 0. The van der Waals surface area contributed by atoms with Gasteiger partial charge in [0.05, 0.1) is 5.41 Å². The minimum absolute atomic E-state index is 0.0532. The van der Waals surface area contributed by atoms with Crippen LogP contribution in [0.25, 0.3) is 0 Å². The van der Waals surface area contributed by atoms with Crippen LogP contribution < -0.4 is 10.6 Å². The highest BCUT2D eigenvalue weighted by molar-refractivity contribution is 6.06. The maximum absolute atomic E-state index is 13.3. The zero-order chi connectivity index (χ0) is 27.9. The molecular weight excluding hydrogens is 492 g/mol. The van der Waals surface area contributed by atoms with Crippen molar-refractivity contribution in [1.29, 1.82) is 0 Å². The summed E-state index contributed by atoms with van der Waals surface area (Å²) in [5.74, 6) is 0.0356. The lowest BCUT2D eigenvalue weighted by atomic mass is 9.79. The SMILES string of the molecule is Cc1cc2c(cc1NC(=O)CN(Cc1ccccc1C=O)C(=O)C(C)(C)C)CC1(C2)C(=O)Nc2ncccc21. The van der Waals surface area contributed by atoms with Crippen LogP contribution in [-0.2, 0) is 39.2 Å². The Labute approximate surface area is 227 Å². The smallest absolute Gasteiger partial charge is 0.244 e. The van der Waals surface area contributed by atoms with Crippen LogP contribution in [0.4, 0.5) is 11.5 Å². The zero-order valence-corrected chi connectivity index (χ0v) is 22.6. The number of aldehydes is 1. The number of nitrogens with one attached hydrogen (secondary N) is 2. The maximum Gasteiger partial charge on any atom is 0.244 e. The van der Waals surface area contributed by atoms with Gasteiger partial charge in [0, 0.05) is 35.0 Å². The van der Waals surface area contributed by atoms with Crippen molar-refractivity contribution in [1.82, 2.24) is 9.88 Å². The lowest BCUT2D eigenvalue weighted by Gasteiger charge is -2.29. The molecule has 0 saturated carbocycles. The zero-order valence-electron chi connectivity index (χ0n) is 22.6. The number of hydrogen-bond acceptors (Lipinski definition) is 5. The molecule has 1 atom stereocenters. The van der Waals surface area contributed by atoms with Crippen molar-refractivity contribution in [2.45, 2.75) is 52.5 Å². The number of benzene rings is 2. The first-order chi connectivity index (χ1) is 18.5. The summed E-state index contributed by atoms with van der Waals surface area (Å²) in [5.41, 5.74) is 4.28. The fourth-order valence-electron chi connectivity index (χ4n) is 5.62. The van der Waals surface area contributed by atoms with Gasteiger partial charge in [0.15, 0.2) is 0 Å². The van der Waals surface area contributed by atoms with E-state index in [1.807, 2.05) is 37.3 Å². The first-order valence-corrected chi connectivity index (χ1v) is 13.0. The third-order valence-corrected chi connectivity index (χ3v) is 7.60. The van der Waals surface area contributed by atoms with Crippen LogP contribution in [0.5, 0.6) is 0 Å². The quantitative estimate of drug-likeness (QED) is 0.470. The summed E-state index contributed by atoms with van der Waals surface area (Å²) in [5, 5.41) is 5.90. The fraction of sp³-hybridized carbons (Fsp3) is 0.323. The number of aryl methyl sites for hydroxylation is 1. The molecule has 3 aromatic rings. The number of pyridine rings is 1. The highest BCUT2D eigenvalue weighted by Gasteiger charge is 2.51. The van der Waals surface area contributed by atoms with E-state index in [-0.39, 0.29) is 30.8 Å². The van der Waals surface area contributed by atoms with Gasteiger partial charge in [-0.2, -0.15) is 0 Å². The Morgan fingerprint density at radius 1 is 1.10 bits per heavy atom. The number of fused-ring (bicyclic) bond motifs is 3. The van der Waals surface area contributed by atoms with Gasteiger partial charge >= 0.3 is 0 Å². The second-order valence-corrected chi connectivity index (χ2v) is 11.5. The lowest BCUT2D eigenvalue weighted by molar-refractivity contribution is -0.142. The van der Waals surface area contributed by atoms with E-state index in [0.717, 1.165) is 28.5 Å². The molecule has 0 bridgehead atoms. The standard InChI is InChI=1S/C31H32N4O4/c1-19-12-22-14-31(24-10-7-11-32-27(24)34-28(31)38)15-23(22)13-25(19)33-26(37)17-35(29(39)30(2,3)4)16-20-8-5-6-9-21(20)18-36/h5-13,18H,14-17H2,1-4H3,(H,33,37)(H,32,34,38). The number of amides is 3. The average molecular weight is 525 g/mol. The molecule has 2 aromatic carbocycles. The van der Waals surface area contributed by atoms with Crippen LogP contribution in [-0.4, -0.2) is 40.4 Å². The number of rotatable bonds is 6. The summed E-state index contributed by atoms with van der Waals surface area (Å²) in [6.45, 7) is 7.32. The van der Waals surface area contributed by atoms with Crippen molar-refractivity contribution in [3.8, 4) is 0 Å². The summed E-state index contributed by atoms with van der Waals surface area (Å²) in [4.78, 5) is 56.9. The van der Waals surface area contributed by atoms with Gasteiger partial charge in [0.2, 0.25) is 17.7 Å². The van der Waals surface area contributed by atoms with Crippen LogP contribution in [0.2, 0.25) is 0 Å². The second kappa shape index (κ2) is 9.76. The molecule has 1 aliphatic heterocycles. The van der Waals surface area contributed by atoms with E-state index in [2.05, 4.69) is 15.6 Å².